The maximum absolute atomic E-state index is 12.9. The average Bonchev–Trinajstić information content (AvgIpc) is 2.75. The monoisotopic (exact) mass is 510 g/mol. The van der Waals surface area contributed by atoms with Crippen molar-refractivity contribution in [1.29, 1.82) is 0 Å². The van der Waals surface area contributed by atoms with Crippen LogP contribution in [0.4, 0.5) is 0 Å². The van der Waals surface area contributed by atoms with Crippen LogP contribution in [-0.4, -0.2) is 43.0 Å². The first-order valence-electron chi connectivity index (χ1n) is 9.53. The predicted molar refractivity (Wildman–Crippen MR) is 121 cm³/mol. The molecule has 2 rings (SSSR count). The Morgan fingerprint density at radius 3 is 2.28 bits per heavy atom. The number of rotatable bonds is 10. The second kappa shape index (κ2) is 11.6. The van der Waals surface area contributed by atoms with Crippen molar-refractivity contribution in [2.75, 3.05) is 20.3 Å². The van der Waals surface area contributed by atoms with Gasteiger partial charge < -0.3 is 19.7 Å². The molecule has 0 saturated carbocycles. The summed E-state index contributed by atoms with van der Waals surface area (Å²) in [6, 6.07) is 14.3. The maximum atomic E-state index is 12.9. The highest BCUT2D eigenvalue weighted by atomic mass is 127. The second-order valence-electron chi connectivity index (χ2n) is 6.58. The molecular formula is C22H27IN2O4. The van der Waals surface area contributed by atoms with Gasteiger partial charge >= 0.3 is 0 Å². The van der Waals surface area contributed by atoms with Gasteiger partial charge in [0.2, 0.25) is 5.91 Å². The van der Waals surface area contributed by atoms with Gasteiger partial charge in [0.05, 0.1) is 7.11 Å². The molecule has 156 valence electrons. The number of ether oxygens (including phenoxy) is 2. The zero-order chi connectivity index (χ0) is 21.2. The lowest BCUT2D eigenvalue weighted by Crippen LogP contribution is -2.49. The number of hydrogen-bond donors (Lipinski definition) is 1. The third-order valence-corrected chi connectivity index (χ3v) is 5.12. The summed E-state index contributed by atoms with van der Waals surface area (Å²) in [6.07, 6.45) is 0.834. The van der Waals surface area contributed by atoms with E-state index in [0.717, 1.165) is 21.3 Å². The Balaban J connectivity index is 2.11. The highest BCUT2D eigenvalue weighted by molar-refractivity contribution is 14.1. The Labute approximate surface area is 185 Å². The third kappa shape index (κ3) is 7.23. The van der Waals surface area contributed by atoms with Crippen LogP contribution >= 0.6 is 22.6 Å². The van der Waals surface area contributed by atoms with Gasteiger partial charge in [-0.3, -0.25) is 9.59 Å². The number of amides is 2. The largest absolute Gasteiger partial charge is 0.497 e. The van der Waals surface area contributed by atoms with Crippen LogP contribution in [0.1, 0.15) is 25.8 Å². The van der Waals surface area contributed by atoms with Gasteiger partial charge in [0.15, 0.2) is 6.61 Å². The molecular weight excluding hydrogens is 483 g/mol. The number of benzene rings is 2. The van der Waals surface area contributed by atoms with E-state index < -0.39 is 6.04 Å². The Hall–Kier alpha value is -2.29. The molecule has 0 bridgehead atoms. The number of nitrogens with zero attached hydrogens (tertiary/aromatic N) is 1. The molecule has 0 spiro atoms. The maximum Gasteiger partial charge on any atom is 0.261 e. The van der Waals surface area contributed by atoms with Crippen molar-refractivity contribution in [3.05, 3.63) is 57.7 Å². The normalized spacial score (nSPS) is 11.4. The summed E-state index contributed by atoms with van der Waals surface area (Å²) in [6.45, 7) is 4.46. The van der Waals surface area contributed by atoms with Crippen molar-refractivity contribution >= 4 is 34.4 Å². The molecule has 7 heteroatoms. The van der Waals surface area contributed by atoms with E-state index in [9.17, 15) is 9.59 Å². The molecule has 0 radical (unpaired) electrons. The summed E-state index contributed by atoms with van der Waals surface area (Å²) in [4.78, 5) is 27.0. The van der Waals surface area contributed by atoms with Crippen LogP contribution in [0.15, 0.2) is 48.5 Å². The Bertz CT molecular complexity index is 793. The van der Waals surface area contributed by atoms with E-state index in [1.807, 2.05) is 55.5 Å². The smallest absolute Gasteiger partial charge is 0.261 e. The van der Waals surface area contributed by atoms with Crippen LogP contribution in [0, 0.1) is 3.57 Å². The van der Waals surface area contributed by atoms with Crippen molar-refractivity contribution in [2.45, 2.75) is 32.9 Å². The first-order chi connectivity index (χ1) is 13.9. The standard InChI is InChI=1S/C22H27IN2O4/c1-4-13-24-22(27)16(2)25(14-17-5-9-19(28-3)10-6-17)21(26)15-29-20-11-7-18(23)8-12-20/h5-12,16H,4,13-15H2,1-3H3,(H,24,27). The number of nitrogens with one attached hydrogen (secondary N) is 1. The Morgan fingerprint density at radius 1 is 1.07 bits per heavy atom. The van der Waals surface area contributed by atoms with Crippen molar-refractivity contribution in [3.8, 4) is 11.5 Å². The fourth-order valence-electron chi connectivity index (χ4n) is 2.66. The van der Waals surface area contributed by atoms with Gasteiger partial charge in [0, 0.05) is 16.7 Å². The molecule has 29 heavy (non-hydrogen) atoms. The highest BCUT2D eigenvalue weighted by Gasteiger charge is 2.26. The molecule has 1 N–H and O–H groups in total. The molecule has 2 amide bonds. The number of carbonyl (C=O) groups excluding carboxylic acids is 2. The summed E-state index contributed by atoms with van der Waals surface area (Å²) in [5.41, 5.74) is 0.906. The van der Waals surface area contributed by atoms with Crippen LogP contribution in [0.25, 0.3) is 0 Å². The van der Waals surface area contributed by atoms with E-state index in [1.54, 1.807) is 18.9 Å². The van der Waals surface area contributed by atoms with Crippen LogP contribution in [0.3, 0.4) is 0 Å². The molecule has 0 aromatic heterocycles. The summed E-state index contributed by atoms with van der Waals surface area (Å²) < 4.78 is 11.9. The highest BCUT2D eigenvalue weighted by Crippen LogP contribution is 2.17. The van der Waals surface area contributed by atoms with Gasteiger partial charge in [-0.1, -0.05) is 19.1 Å². The Morgan fingerprint density at radius 2 is 1.69 bits per heavy atom. The Kier molecular flexibility index (Phi) is 9.24. The molecule has 6 nitrogen and oxygen atoms in total. The van der Waals surface area contributed by atoms with Crippen molar-refractivity contribution in [3.63, 3.8) is 0 Å². The molecule has 1 atom stereocenters. The number of carbonyl (C=O) groups is 2. The summed E-state index contributed by atoms with van der Waals surface area (Å²) in [5, 5.41) is 2.86. The van der Waals surface area contributed by atoms with Gasteiger partial charge in [-0.15, -0.1) is 0 Å². The second-order valence-corrected chi connectivity index (χ2v) is 7.82. The molecule has 0 aliphatic rings. The lowest BCUT2D eigenvalue weighted by atomic mass is 10.1. The van der Waals surface area contributed by atoms with E-state index in [-0.39, 0.29) is 18.4 Å². The zero-order valence-corrected chi connectivity index (χ0v) is 19.1. The molecule has 0 saturated heterocycles. The molecule has 2 aromatic rings. The molecule has 2 aromatic carbocycles. The van der Waals surface area contributed by atoms with Gasteiger partial charge in [0.25, 0.3) is 5.91 Å². The minimum absolute atomic E-state index is 0.137. The molecule has 0 fully saturated rings. The van der Waals surface area contributed by atoms with Gasteiger partial charge in [-0.05, 0) is 77.9 Å². The topological polar surface area (TPSA) is 67.9 Å². The van der Waals surface area contributed by atoms with Gasteiger partial charge in [-0.25, -0.2) is 0 Å². The van der Waals surface area contributed by atoms with Crippen LogP contribution in [0.5, 0.6) is 11.5 Å². The zero-order valence-electron chi connectivity index (χ0n) is 17.0. The van der Waals surface area contributed by atoms with E-state index in [4.69, 9.17) is 9.47 Å². The average molecular weight is 510 g/mol. The molecule has 1 unspecified atom stereocenters. The summed E-state index contributed by atoms with van der Waals surface area (Å²) in [5.74, 6) is 0.926. The number of hydrogen-bond acceptors (Lipinski definition) is 4. The van der Waals surface area contributed by atoms with Gasteiger partial charge in [0.1, 0.15) is 17.5 Å². The van der Waals surface area contributed by atoms with Crippen LogP contribution < -0.4 is 14.8 Å². The van der Waals surface area contributed by atoms with E-state index in [2.05, 4.69) is 27.9 Å². The van der Waals surface area contributed by atoms with E-state index in [0.29, 0.717) is 18.8 Å². The first-order valence-corrected chi connectivity index (χ1v) is 10.6. The van der Waals surface area contributed by atoms with E-state index >= 15 is 0 Å². The molecule has 0 aliphatic heterocycles. The SMILES string of the molecule is CCCNC(=O)C(C)N(Cc1ccc(OC)cc1)C(=O)COc1ccc(I)cc1. The minimum Gasteiger partial charge on any atom is -0.497 e. The summed E-state index contributed by atoms with van der Waals surface area (Å²) in [7, 11) is 1.60. The van der Waals surface area contributed by atoms with Crippen molar-refractivity contribution in [2.24, 2.45) is 0 Å². The fraction of sp³-hybridized carbons (Fsp3) is 0.364. The lowest BCUT2D eigenvalue weighted by Gasteiger charge is -2.28. The summed E-state index contributed by atoms with van der Waals surface area (Å²) >= 11 is 2.21. The van der Waals surface area contributed by atoms with Crippen LogP contribution in [0.2, 0.25) is 0 Å². The fourth-order valence-corrected chi connectivity index (χ4v) is 3.02. The quantitative estimate of drug-likeness (QED) is 0.496. The molecule has 0 aliphatic carbocycles. The lowest BCUT2D eigenvalue weighted by molar-refractivity contribution is -0.142. The number of methoxy groups -OCH3 is 1. The number of halogens is 1. The third-order valence-electron chi connectivity index (χ3n) is 4.40. The van der Waals surface area contributed by atoms with E-state index in [1.165, 1.54) is 0 Å². The van der Waals surface area contributed by atoms with Gasteiger partial charge in [-0.2, -0.15) is 0 Å². The van der Waals surface area contributed by atoms with Crippen LogP contribution in [-0.2, 0) is 16.1 Å². The first kappa shape index (κ1) is 23.0. The van der Waals surface area contributed by atoms with Crippen molar-refractivity contribution < 1.29 is 19.1 Å². The minimum atomic E-state index is -0.614. The molecule has 0 heterocycles. The van der Waals surface area contributed by atoms with Crippen molar-refractivity contribution in [1.82, 2.24) is 10.2 Å². The predicted octanol–water partition coefficient (Wildman–Crippen LogP) is 3.62.